The summed E-state index contributed by atoms with van der Waals surface area (Å²) in [5.41, 5.74) is 2.33. The van der Waals surface area contributed by atoms with Gasteiger partial charge >= 0.3 is 0 Å². The number of rotatable bonds is 6. The molecule has 0 spiro atoms. The minimum Gasteiger partial charge on any atom is -0.383 e. The molecular formula is C20H17FN4O. The van der Waals surface area contributed by atoms with Crippen molar-refractivity contribution in [1.29, 1.82) is 5.26 Å². The summed E-state index contributed by atoms with van der Waals surface area (Å²) in [6, 6.07) is 15.3. The summed E-state index contributed by atoms with van der Waals surface area (Å²) >= 11 is 0. The largest absolute Gasteiger partial charge is 0.383 e. The first-order chi connectivity index (χ1) is 12.7. The van der Waals surface area contributed by atoms with Crippen LogP contribution in [0.25, 0.3) is 10.9 Å². The van der Waals surface area contributed by atoms with Crippen LogP contribution in [0.4, 0.5) is 10.1 Å². The van der Waals surface area contributed by atoms with Crippen LogP contribution in [-0.4, -0.2) is 24.0 Å². The predicted octanol–water partition coefficient (Wildman–Crippen LogP) is 3.48. The van der Waals surface area contributed by atoms with E-state index in [-0.39, 0.29) is 5.91 Å². The van der Waals surface area contributed by atoms with Gasteiger partial charge in [0.05, 0.1) is 16.8 Å². The van der Waals surface area contributed by atoms with Crippen LogP contribution in [0, 0.1) is 17.1 Å². The standard InChI is InChI=1S/C20H17FN4O/c21-16-6-3-5-14(11-16)20(26)24-10-4-9-23-19-15(12-22)13-25-18-8-2-1-7-17(18)19/h1-3,5-8,11,13H,4,9-10H2,(H,23,25)(H,24,26). The van der Waals surface area contributed by atoms with E-state index in [1.807, 2.05) is 24.3 Å². The number of hydrogen-bond acceptors (Lipinski definition) is 4. The molecule has 0 radical (unpaired) electrons. The van der Waals surface area contributed by atoms with Crippen LogP contribution in [0.1, 0.15) is 22.3 Å². The number of para-hydroxylation sites is 1. The fourth-order valence-corrected chi connectivity index (χ4v) is 2.65. The molecule has 2 N–H and O–H groups in total. The zero-order valence-corrected chi connectivity index (χ0v) is 14.0. The van der Waals surface area contributed by atoms with Crippen molar-refractivity contribution in [3.63, 3.8) is 0 Å². The van der Waals surface area contributed by atoms with Crippen molar-refractivity contribution in [3.05, 3.63) is 71.7 Å². The summed E-state index contributed by atoms with van der Waals surface area (Å²) in [4.78, 5) is 16.2. The minimum absolute atomic E-state index is 0.296. The smallest absolute Gasteiger partial charge is 0.251 e. The van der Waals surface area contributed by atoms with Gasteiger partial charge in [0.2, 0.25) is 0 Å². The number of carbonyl (C=O) groups is 1. The Balaban J connectivity index is 1.57. The average molecular weight is 348 g/mol. The number of fused-ring (bicyclic) bond motifs is 1. The number of hydrogen-bond donors (Lipinski definition) is 2. The SMILES string of the molecule is N#Cc1cnc2ccccc2c1NCCCNC(=O)c1cccc(F)c1. The van der Waals surface area contributed by atoms with Crippen molar-refractivity contribution < 1.29 is 9.18 Å². The molecule has 130 valence electrons. The van der Waals surface area contributed by atoms with Crippen LogP contribution < -0.4 is 10.6 Å². The van der Waals surface area contributed by atoms with Crippen LogP contribution in [0.2, 0.25) is 0 Å². The molecule has 0 saturated carbocycles. The molecule has 0 aliphatic carbocycles. The van der Waals surface area contributed by atoms with Gasteiger partial charge in [-0.3, -0.25) is 9.78 Å². The zero-order chi connectivity index (χ0) is 18.4. The molecule has 0 aliphatic heterocycles. The average Bonchev–Trinajstić information content (AvgIpc) is 2.67. The molecule has 0 atom stereocenters. The van der Waals surface area contributed by atoms with E-state index in [4.69, 9.17) is 0 Å². The Kier molecular flexibility index (Phi) is 5.40. The number of amides is 1. The third-order valence-corrected chi connectivity index (χ3v) is 3.92. The van der Waals surface area contributed by atoms with Crippen LogP contribution in [0.5, 0.6) is 0 Å². The third kappa shape index (κ3) is 3.95. The molecule has 2 aromatic carbocycles. The van der Waals surface area contributed by atoms with Gasteiger partial charge in [-0.1, -0.05) is 24.3 Å². The molecule has 0 aliphatic rings. The van der Waals surface area contributed by atoms with Crippen LogP contribution >= 0.6 is 0 Å². The molecule has 5 nitrogen and oxygen atoms in total. The van der Waals surface area contributed by atoms with Gasteiger partial charge < -0.3 is 10.6 Å². The maximum absolute atomic E-state index is 13.1. The summed E-state index contributed by atoms with van der Waals surface area (Å²) in [6.07, 6.45) is 2.21. The molecule has 26 heavy (non-hydrogen) atoms. The first kappa shape index (κ1) is 17.4. The van der Waals surface area contributed by atoms with Gasteiger partial charge in [-0.25, -0.2) is 4.39 Å². The van der Waals surface area contributed by atoms with E-state index in [0.29, 0.717) is 30.6 Å². The molecule has 1 aromatic heterocycles. The highest BCUT2D eigenvalue weighted by Gasteiger charge is 2.08. The molecule has 0 bridgehead atoms. The van der Waals surface area contributed by atoms with E-state index in [2.05, 4.69) is 21.7 Å². The number of anilines is 1. The number of nitrogens with one attached hydrogen (secondary N) is 2. The lowest BCUT2D eigenvalue weighted by Crippen LogP contribution is -2.26. The van der Waals surface area contributed by atoms with Crippen molar-refractivity contribution in [2.24, 2.45) is 0 Å². The minimum atomic E-state index is -0.437. The van der Waals surface area contributed by atoms with Gasteiger partial charge in [-0.15, -0.1) is 0 Å². The highest BCUT2D eigenvalue weighted by Crippen LogP contribution is 2.25. The van der Waals surface area contributed by atoms with E-state index >= 15 is 0 Å². The van der Waals surface area contributed by atoms with E-state index in [0.717, 1.165) is 16.6 Å². The highest BCUT2D eigenvalue weighted by atomic mass is 19.1. The second-order valence-corrected chi connectivity index (χ2v) is 5.72. The number of benzene rings is 2. The lowest BCUT2D eigenvalue weighted by atomic mass is 10.1. The quantitative estimate of drug-likeness (QED) is 0.669. The van der Waals surface area contributed by atoms with Gasteiger partial charge in [0.25, 0.3) is 5.91 Å². The van der Waals surface area contributed by atoms with Crippen molar-refractivity contribution >= 4 is 22.5 Å². The topological polar surface area (TPSA) is 77.8 Å². The molecule has 1 heterocycles. The Hall–Kier alpha value is -3.46. The van der Waals surface area contributed by atoms with Gasteiger partial charge in [0.1, 0.15) is 11.9 Å². The molecule has 0 unspecified atom stereocenters. The lowest BCUT2D eigenvalue weighted by molar-refractivity contribution is 0.0953. The highest BCUT2D eigenvalue weighted by molar-refractivity contribution is 5.94. The molecule has 3 rings (SSSR count). The van der Waals surface area contributed by atoms with E-state index in [1.165, 1.54) is 18.2 Å². The lowest BCUT2D eigenvalue weighted by Gasteiger charge is -2.11. The summed E-state index contributed by atoms with van der Waals surface area (Å²) in [5.74, 6) is -0.746. The summed E-state index contributed by atoms with van der Waals surface area (Å²) < 4.78 is 13.1. The molecular weight excluding hydrogens is 331 g/mol. The maximum Gasteiger partial charge on any atom is 0.251 e. The summed E-state index contributed by atoms with van der Waals surface area (Å²) in [7, 11) is 0. The van der Waals surface area contributed by atoms with Crippen LogP contribution in [-0.2, 0) is 0 Å². The molecule has 3 aromatic rings. The second-order valence-electron chi connectivity index (χ2n) is 5.72. The number of halogens is 1. The van der Waals surface area contributed by atoms with Crippen LogP contribution in [0.3, 0.4) is 0 Å². The first-order valence-electron chi connectivity index (χ1n) is 8.24. The molecule has 1 amide bonds. The van der Waals surface area contributed by atoms with E-state index in [1.54, 1.807) is 12.3 Å². The first-order valence-corrected chi connectivity index (χ1v) is 8.24. The van der Waals surface area contributed by atoms with Crippen molar-refractivity contribution in [2.75, 3.05) is 18.4 Å². The number of pyridine rings is 1. The number of nitrogens with zero attached hydrogens (tertiary/aromatic N) is 2. The van der Waals surface area contributed by atoms with Gasteiger partial charge in [-0.2, -0.15) is 5.26 Å². The Labute approximate surface area is 150 Å². The van der Waals surface area contributed by atoms with Gasteiger partial charge in [0, 0.05) is 30.2 Å². The van der Waals surface area contributed by atoms with Crippen LogP contribution in [0.15, 0.2) is 54.7 Å². The second kappa shape index (κ2) is 8.08. The Bertz CT molecular complexity index is 981. The van der Waals surface area contributed by atoms with E-state index < -0.39 is 5.82 Å². The molecule has 0 fully saturated rings. The molecule has 0 saturated heterocycles. The number of aromatic nitrogens is 1. The van der Waals surface area contributed by atoms with Gasteiger partial charge in [-0.05, 0) is 30.7 Å². The van der Waals surface area contributed by atoms with Gasteiger partial charge in [0.15, 0.2) is 0 Å². The fourth-order valence-electron chi connectivity index (χ4n) is 2.65. The fraction of sp³-hybridized carbons (Fsp3) is 0.150. The maximum atomic E-state index is 13.1. The predicted molar refractivity (Wildman–Crippen MR) is 98.3 cm³/mol. The van der Waals surface area contributed by atoms with Crippen molar-refractivity contribution in [3.8, 4) is 6.07 Å². The normalized spacial score (nSPS) is 10.3. The van der Waals surface area contributed by atoms with E-state index in [9.17, 15) is 14.4 Å². The monoisotopic (exact) mass is 348 g/mol. The Morgan fingerprint density at radius 3 is 2.81 bits per heavy atom. The molecule has 6 heteroatoms. The van der Waals surface area contributed by atoms with Crippen molar-refractivity contribution in [1.82, 2.24) is 10.3 Å². The number of nitriles is 1. The Morgan fingerprint density at radius 2 is 2.00 bits per heavy atom. The summed E-state index contributed by atoms with van der Waals surface area (Å²) in [6.45, 7) is 1.01. The zero-order valence-electron chi connectivity index (χ0n) is 14.0. The third-order valence-electron chi connectivity index (χ3n) is 3.92. The summed E-state index contributed by atoms with van der Waals surface area (Å²) in [5, 5.41) is 16.2. The van der Waals surface area contributed by atoms with Crippen molar-refractivity contribution in [2.45, 2.75) is 6.42 Å². The number of carbonyl (C=O) groups excluding carboxylic acids is 1. The Morgan fingerprint density at radius 1 is 1.15 bits per heavy atom.